The van der Waals surface area contributed by atoms with E-state index in [4.69, 9.17) is 19.5 Å². The van der Waals surface area contributed by atoms with Gasteiger partial charge >= 0.3 is 0 Å². The first-order valence-electron chi connectivity index (χ1n) is 21.1. The molecule has 3 amide bonds. The number of aromatic amines is 1. The lowest BCUT2D eigenvalue weighted by Gasteiger charge is -2.23. The maximum absolute atomic E-state index is 12.9. The van der Waals surface area contributed by atoms with Crippen molar-refractivity contribution in [2.75, 3.05) is 37.6 Å². The third kappa shape index (κ3) is 8.13. The minimum atomic E-state index is -0.390. The number of benzene rings is 1. The number of pyridine rings is 3. The third-order valence-corrected chi connectivity index (χ3v) is 12.5. The van der Waals surface area contributed by atoms with Crippen molar-refractivity contribution < 1.29 is 18.9 Å². The van der Waals surface area contributed by atoms with Crippen LogP contribution in [0.4, 0.5) is 5.69 Å². The molecule has 3 N–H and O–H groups in total. The highest BCUT2D eigenvalue weighted by Crippen LogP contribution is 2.36. The average molecular weight is 822 g/mol. The molecular weight excluding hydrogens is 771 g/mol. The van der Waals surface area contributed by atoms with Gasteiger partial charge in [-0.05, 0) is 86.1 Å². The average Bonchev–Trinajstić information content (AvgIpc) is 4.04. The van der Waals surface area contributed by atoms with Crippen molar-refractivity contribution in [3.05, 3.63) is 101 Å². The number of carbonyl (C=O) groups is 3. The molecule has 5 aromatic heterocycles. The van der Waals surface area contributed by atoms with Crippen molar-refractivity contribution in [1.82, 2.24) is 50.8 Å². The van der Waals surface area contributed by atoms with E-state index in [0.29, 0.717) is 36.2 Å². The van der Waals surface area contributed by atoms with Gasteiger partial charge in [0.05, 0.1) is 29.5 Å². The van der Waals surface area contributed by atoms with Gasteiger partial charge in [-0.25, -0.2) is 4.98 Å². The number of nitrogens with zero attached hydrogens (tertiary/aromatic N) is 8. The van der Waals surface area contributed by atoms with Crippen LogP contribution >= 0.6 is 0 Å². The Balaban J connectivity index is 0.802. The molecule has 3 aliphatic rings. The quantitative estimate of drug-likeness (QED) is 0.137. The van der Waals surface area contributed by atoms with E-state index in [0.717, 1.165) is 101 Å². The summed E-state index contributed by atoms with van der Waals surface area (Å²) in [4.78, 5) is 60.7. The van der Waals surface area contributed by atoms with Crippen molar-refractivity contribution in [3.8, 4) is 22.5 Å². The summed E-state index contributed by atoms with van der Waals surface area (Å²) in [5.41, 5.74) is 9.76. The Morgan fingerprint density at radius 2 is 1.75 bits per heavy atom. The number of anilines is 1. The monoisotopic (exact) mass is 821 g/mol. The zero-order chi connectivity index (χ0) is 42.6. The molecule has 8 heterocycles. The highest BCUT2D eigenvalue weighted by Gasteiger charge is 2.40. The topological polar surface area (TPSA) is 188 Å². The molecule has 15 nitrogen and oxygen atoms in total. The van der Waals surface area contributed by atoms with Gasteiger partial charge in [0.1, 0.15) is 5.69 Å². The number of fused-ring (bicyclic) bond motifs is 2. The summed E-state index contributed by atoms with van der Waals surface area (Å²) in [7, 11) is 0. The summed E-state index contributed by atoms with van der Waals surface area (Å²) in [6, 6.07) is 16.2. The van der Waals surface area contributed by atoms with Crippen LogP contribution in [-0.4, -0.2) is 90.6 Å². The van der Waals surface area contributed by atoms with Crippen molar-refractivity contribution in [2.45, 2.75) is 78.2 Å². The molecule has 1 aromatic carbocycles. The van der Waals surface area contributed by atoms with E-state index in [1.165, 1.54) is 0 Å². The molecule has 4 atom stereocenters. The Hall–Kier alpha value is -6.35. The Bertz CT molecular complexity index is 2630. The SMILES string of the molecule is Cc1cc(-c2n[nH]c3ncc(-c4ccc(N5CC6CN(CCc7ccc(C8CCC(=O)NC8=O)c(C)n7)CC6C5)cn4)cc23)ccc1[C@@H](C)NC(=O)c1noc(C(C)(C)C)n1. The second-order valence-corrected chi connectivity index (χ2v) is 17.9. The molecule has 3 unspecified atom stereocenters. The summed E-state index contributed by atoms with van der Waals surface area (Å²) >= 11 is 0. The van der Waals surface area contributed by atoms with Crippen molar-refractivity contribution in [3.63, 3.8) is 0 Å². The molecule has 0 saturated carbocycles. The number of rotatable bonds is 10. The van der Waals surface area contributed by atoms with E-state index >= 15 is 0 Å². The van der Waals surface area contributed by atoms with Crippen molar-refractivity contribution in [1.29, 1.82) is 0 Å². The first-order chi connectivity index (χ1) is 29.3. The van der Waals surface area contributed by atoms with Crippen LogP contribution in [0.5, 0.6) is 0 Å². The number of aromatic nitrogens is 7. The van der Waals surface area contributed by atoms with E-state index in [9.17, 15) is 14.4 Å². The minimum Gasteiger partial charge on any atom is -0.370 e. The van der Waals surface area contributed by atoms with Crippen LogP contribution in [0.25, 0.3) is 33.5 Å². The Morgan fingerprint density at radius 1 is 0.951 bits per heavy atom. The number of piperidine rings is 1. The zero-order valence-corrected chi connectivity index (χ0v) is 35.5. The molecule has 61 heavy (non-hydrogen) atoms. The van der Waals surface area contributed by atoms with Gasteiger partial charge in [0, 0.05) is 85.1 Å². The van der Waals surface area contributed by atoms with Gasteiger partial charge in [0.15, 0.2) is 5.65 Å². The number of hydrogen-bond donors (Lipinski definition) is 3. The Kier molecular flexibility index (Phi) is 10.5. The maximum atomic E-state index is 12.9. The van der Waals surface area contributed by atoms with Gasteiger partial charge in [0.25, 0.3) is 11.7 Å². The smallest absolute Gasteiger partial charge is 0.293 e. The van der Waals surface area contributed by atoms with Crippen LogP contribution in [0, 0.1) is 25.7 Å². The highest BCUT2D eigenvalue weighted by atomic mass is 16.5. The Morgan fingerprint density at radius 3 is 2.44 bits per heavy atom. The second-order valence-electron chi connectivity index (χ2n) is 17.9. The number of aryl methyl sites for hydroxylation is 2. The lowest BCUT2D eigenvalue weighted by atomic mass is 9.89. The van der Waals surface area contributed by atoms with Gasteiger partial charge in [-0.1, -0.05) is 44.1 Å². The van der Waals surface area contributed by atoms with Gasteiger partial charge in [0.2, 0.25) is 17.7 Å². The van der Waals surface area contributed by atoms with Crippen molar-refractivity contribution in [2.24, 2.45) is 11.8 Å². The van der Waals surface area contributed by atoms with Crippen LogP contribution in [-0.2, 0) is 21.4 Å². The van der Waals surface area contributed by atoms with Gasteiger partial charge in [-0.3, -0.25) is 34.8 Å². The van der Waals surface area contributed by atoms with Crippen LogP contribution < -0.4 is 15.5 Å². The van der Waals surface area contributed by atoms with Gasteiger partial charge in [-0.2, -0.15) is 10.1 Å². The first kappa shape index (κ1) is 40.1. The fraction of sp³-hybridized carbons (Fsp3) is 0.413. The van der Waals surface area contributed by atoms with E-state index in [1.54, 1.807) is 0 Å². The lowest BCUT2D eigenvalue weighted by molar-refractivity contribution is -0.134. The standard InChI is InChI=1S/C46H51N11O4/c1-25-17-28(7-10-34(25)26(2)50-44(60)42-52-45(61-55-42)46(4,5)6)40-37-18-29(19-48-41(37)54-53-40)38-13-9-33(20-47-38)57-23-30-21-56(22-31(30)24-57)16-15-32-8-11-35(27(3)49-32)36-12-14-39(58)51-43(36)59/h7-11,13,17-20,26,30-31,36H,12,14-16,21-24H2,1-6H3,(H,50,60)(H,48,53,54)(H,51,58,59)/t26-,30?,31?,36?/m1/s1. The number of nitrogens with one attached hydrogen (secondary N) is 3. The molecule has 0 aliphatic carbocycles. The zero-order valence-electron chi connectivity index (χ0n) is 35.5. The minimum absolute atomic E-state index is 0.0169. The number of H-pyrrole nitrogens is 1. The number of amides is 3. The van der Waals surface area contributed by atoms with Crippen molar-refractivity contribution >= 4 is 34.4 Å². The normalized spacial score (nSPS) is 20.0. The number of carbonyl (C=O) groups excluding carboxylic acids is 3. The predicted molar refractivity (Wildman–Crippen MR) is 230 cm³/mol. The number of imide groups is 1. The maximum Gasteiger partial charge on any atom is 0.293 e. The predicted octanol–water partition coefficient (Wildman–Crippen LogP) is 6.00. The summed E-state index contributed by atoms with van der Waals surface area (Å²) in [6.07, 6.45) is 5.57. The molecule has 3 saturated heterocycles. The van der Waals surface area contributed by atoms with E-state index in [1.807, 2.05) is 78.2 Å². The molecule has 314 valence electrons. The molecule has 9 rings (SSSR count). The number of likely N-dealkylation sites (tertiary alicyclic amines) is 1. The molecule has 3 fully saturated rings. The first-order valence-corrected chi connectivity index (χ1v) is 21.1. The lowest BCUT2D eigenvalue weighted by Crippen LogP contribution is -2.39. The fourth-order valence-corrected chi connectivity index (χ4v) is 9.15. The van der Waals surface area contributed by atoms with E-state index < -0.39 is 0 Å². The van der Waals surface area contributed by atoms with Gasteiger partial charge in [-0.15, -0.1) is 0 Å². The summed E-state index contributed by atoms with van der Waals surface area (Å²) in [6.45, 7) is 16.9. The van der Waals surface area contributed by atoms with E-state index in [2.05, 4.69) is 65.0 Å². The summed E-state index contributed by atoms with van der Waals surface area (Å²) < 4.78 is 5.31. The van der Waals surface area contributed by atoms with Crippen LogP contribution in [0.2, 0.25) is 0 Å². The largest absolute Gasteiger partial charge is 0.370 e. The van der Waals surface area contributed by atoms with E-state index in [-0.39, 0.29) is 40.9 Å². The molecule has 0 spiro atoms. The summed E-state index contributed by atoms with van der Waals surface area (Å²) in [5.74, 6) is 0.525. The van der Waals surface area contributed by atoms with Crippen LogP contribution in [0.15, 0.2) is 65.4 Å². The second kappa shape index (κ2) is 15.9. The summed E-state index contributed by atoms with van der Waals surface area (Å²) in [5, 5.41) is 18.0. The molecular formula is C46H51N11O4. The van der Waals surface area contributed by atoms with Gasteiger partial charge < -0.3 is 19.6 Å². The molecule has 0 bridgehead atoms. The highest BCUT2D eigenvalue weighted by molar-refractivity contribution is 6.01. The van der Waals surface area contributed by atoms with Crippen LogP contribution in [0.1, 0.15) is 97.1 Å². The molecule has 0 radical (unpaired) electrons. The van der Waals surface area contributed by atoms with Crippen LogP contribution in [0.3, 0.4) is 0 Å². The number of hydrogen-bond acceptors (Lipinski definition) is 12. The molecule has 3 aliphatic heterocycles. The fourth-order valence-electron chi connectivity index (χ4n) is 9.15. The molecule has 15 heteroatoms. The third-order valence-electron chi connectivity index (χ3n) is 12.5. The molecule has 6 aromatic rings. The Labute approximate surface area is 354 Å².